The Morgan fingerprint density at radius 1 is 1.13 bits per heavy atom. The molecule has 0 radical (unpaired) electrons. The second-order valence-electron chi connectivity index (χ2n) is 8.04. The van der Waals surface area contributed by atoms with Gasteiger partial charge in [-0.3, -0.25) is 4.79 Å². The molecule has 2 amide bonds. The van der Waals surface area contributed by atoms with Crippen LogP contribution in [0.4, 0.5) is 10.5 Å². The number of anilines is 1. The molecule has 0 saturated carbocycles. The van der Waals surface area contributed by atoms with Crippen LogP contribution in [0.25, 0.3) is 0 Å². The van der Waals surface area contributed by atoms with Gasteiger partial charge in [0.1, 0.15) is 11.3 Å². The Balaban J connectivity index is 2.07. The lowest BCUT2D eigenvalue weighted by atomic mass is 10.1. The Morgan fingerprint density at radius 2 is 1.84 bits per heavy atom. The van der Waals surface area contributed by atoms with Crippen molar-refractivity contribution >= 4 is 23.7 Å². The zero-order valence-electron chi connectivity index (χ0n) is 18.8. The normalized spacial score (nSPS) is 10.9. The van der Waals surface area contributed by atoms with Crippen LogP contribution in [0.3, 0.4) is 0 Å². The number of nitrogens with one attached hydrogen (secondary N) is 1. The van der Waals surface area contributed by atoms with E-state index in [0.717, 1.165) is 5.56 Å². The standard InChI is InChI=1S/C23H29N3O5/c1-7-30-21(28)18-11-12-19(24-15(18)2)20(27)25-17-10-8-9-16(13-17)14-26(6)22(29)31-23(3,4)5/h8-13H,7,14H2,1-6H3,(H,25,27). The Morgan fingerprint density at radius 3 is 2.45 bits per heavy atom. The van der Waals surface area contributed by atoms with Gasteiger partial charge in [-0.05, 0) is 64.4 Å². The summed E-state index contributed by atoms with van der Waals surface area (Å²) in [5.41, 5.74) is 1.74. The molecule has 0 atom stereocenters. The maximum Gasteiger partial charge on any atom is 0.410 e. The highest BCUT2D eigenvalue weighted by molar-refractivity contribution is 6.03. The fourth-order valence-corrected chi connectivity index (χ4v) is 2.73. The number of aryl methyl sites for hydroxylation is 1. The summed E-state index contributed by atoms with van der Waals surface area (Å²) in [5, 5.41) is 2.79. The average molecular weight is 428 g/mol. The lowest BCUT2D eigenvalue weighted by molar-refractivity contribution is 0.0284. The fourth-order valence-electron chi connectivity index (χ4n) is 2.73. The van der Waals surface area contributed by atoms with E-state index in [9.17, 15) is 14.4 Å². The van der Waals surface area contributed by atoms with Gasteiger partial charge in [0.05, 0.1) is 17.9 Å². The summed E-state index contributed by atoms with van der Waals surface area (Å²) >= 11 is 0. The number of pyridine rings is 1. The number of nitrogens with zero attached hydrogens (tertiary/aromatic N) is 2. The molecule has 0 bridgehead atoms. The van der Waals surface area contributed by atoms with Gasteiger partial charge >= 0.3 is 12.1 Å². The van der Waals surface area contributed by atoms with Crippen molar-refractivity contribution in [3.8, 4) is 0 Å². The molecular formula is C23H29N3O5. The van der Waals surface area contributed by atoms with Crippen LogP contribution in [0.1, 0.15) is 59.8 Å². The highest BCUT2D eigenvalue weighted by Gasteiger charge is 2.20. The molecule has 8 nitrogen and oxygen atoms in total. The summed E-state index contributed by atoms with van der Waals surface area (Å²) < 4.78 is 10.3. The molecule has 31 heavy (non-hydrogen) atoms. The zero-order valence-corrected chi connectivity index (χ0v) is 18.8. The van der Waals surface area contributed by atoms with Crippen molar-refractivity contribution in [2.45, 2.75) is 46.8 Å². The highest BCUT2D eigenvalue weighted by atomic mass is 16.6. The highest BCUT2D eigenvalue weighted by Crippen LogP contribution is 2.16. The van der Waals surface area contributed by atoms with E-state index in [2.05, 4.69) is 10.3 Å². The monoisotopic (exact) mass is 427 g/mol. The third-order valence-corrected chi connectivity index (χ3v) is 4.12. The van der Waals surface area contributed by atoms with Gasteiger partial charge in [-0.15, -0.1) is 0 Å². The molecule has 0 unspecified atom stereocenters. The molecule has 0 aliphatic heterocycles. The van der Waals surface area contributed by atoms with Crippen molar-refractivity contribution in [2.75, 3.05) is 19.0 Å². The molecule has 0 spiro atoms. The first kappa shape index (κ1) is 23.9. The number of hydrogen-bond acceptors (Lipinski definition) is 6. The van der Waals surface area contributed by atoms with E-state index in [0.29, 0.717) is 23.5 Å². The summed E-state index contributed by atoms with van der Waals surface area (Å²) in [6, 6.07) is 10.2. The maximum absolute atomic E-state index is 12.6. The zero-order chi connectivity index (χ0) is 23.2. The van der Waals surface area contributed by atoms with Gasteiger partial charge in [-0.2, -0.15) is 0 Å². The number of rotatable bonds is 6. The molecule has 0 fully saturated rings. The lowest BCUT2D eigenvalue weighted by Crippen LogP contribution is -2.33. The largest absolute Gasteiger partial charge is 0.462 e. The third kappa shape index (κ3) is 7.09. The minimum atomic E-state index is -0.574. The van der Waals surface area contributed by atoms with Gasteiger partial charge in [0.15, 0.2) is 0 Å². The maximum atomic E-state index is 12.6. The first-order valence-corrected chi connectivity index (χ1v) is 9.99. The quantitative estimate of drug-likeness (QED) is 0.695. The molecule has 1 N–H and O–H groups in total. The fraction of sp³-hybridized carbons (Fsp3) is 0.391. The Hall–Kier alpha value is -3.42. The van der Waals surface area contributed by atoms with Crippen molar-refractivity contribution in [3.63, 3.8) is 0 Å². The lowest BCUT2D eigenvalue weighted by Gasteiger charge is -2.24. The van der Waals surface area contributed by atoms with Gasteiger partial charge in [-0.25, -0.2) is 14.6 Å². The minimum Gasteiger partial charge on any atom is -0.462 e. The smallest absolute Gasteiger partial charge is 0.410 e. The van der Waals surface area contributed by atoms with E-state index >= 15 is 0 Å². The number of ether oxygens (including phenoxy) is 2. The molecule has 0 saturated heterocycles. The van der Waals surface area contributed by atoms with Gasteiger partial charge in [0.2, 0.25) is 0 Å². The number of benzene rings is 1. The summed E-state index contributed by atoms with van der Waals surface area (Å²) in [4.78, 5) is 42.3. The number of amides is 2. The predicted octanol–water partition coefficient (Wildman–Crippen LogP) is 4.19. The van der Waals surface area contributed by atoms with Crippen LogP contribution in [0.5, 0.6) is 0 Å². The van der Waals surface area contributed by atoms with Crippen LogP contribution in [0.2, 0.25) is 0 Å². The van der Waals surface area contributed by atoms with E-state index in [1.807, 2.05) is 26.8 Å². The first-order valence-electron chi connectivity index (χ1n) is 9.99. The van der Waals surface area contributed by atoms with Crippen LogP contribution in [-0.4, -0.2) is 47.1 Å². The van der Waals surface area contributed by atoms with Crippen molar-refractivity contribution in [2.24, 2.45) is 0 Å². The van der Waals surface area contributed by atoms with Gasteiger partial charge in [-0.1, -0.05) is 12.1 Å². The van der Waals surface area contributed by atoms with Gasteiger partial charge < -0.3 is 19.7 Å². The molecular weight excluding hydrogens is 398 g/mol. The third-order valence-electron chi connectivity index (χ3n) is 4.12. The number of carbonyl (C=O) groups is 3. The second kappa shape index (κ2) is 10.1. The molecule has 1 aromatic heterocycles. The molecule has 1 heterocycles. The van der Waals surface area contributed by atoms with Crippen molar-refractivity contribution in [3.05, 3.63) is 58.9 Å². The topological polar surface area (TPSA) is 97.8 Å². The summed E-state index contributed by atoms with van der Waals surface area (Å²) in [5.74, 6) is -0.877. The molecule has 166 valence electrons. The number of esters is 1. The van der Waals surface area contributed by atoms with Gasteiger partial charge in [0, 0.05) is 19.3 Å². The van der Waals surface area contributed by atoms with Crippen LogP contribution in [0.15, 0.2) is 36.4 Å². The number of hydrogen-bond donors (Lipinski definition) is 1. The Bertz CT molecular complexity index is 966. The van der Waals surface area contributed by atoms with E-state index in [-0.39, 0.29) is 12.3 Å². The van der Waals surface area contributed by atoms with Crippen LogP contribution in [0, 0.1) is 6.92 Å². The van der Waals surface area contributed by atoms with Crippen LogP contribution >= 0.6 is 0 Å². The number of carbonyl (C=O) groups excluding carboxylic acids is 3. The second-order valence-corrected chi connectivity index (χ2v) is 8.04. The van der Waals surface area contributed by atoms with E-state index in [1.54, 1.807) is 39.1 Å². The number of aromatic nitrogens is 1. The Labute approximate surface area is 182 Å². The average Bonchev–Trinajstić information content (AvgIpc) is 2.66. The van der Waals surface area contributed by atoms with Crippen LogP contribution < -0.4 is 5.32 Å². The summed E-state index contributed by atoms with van der Waals surface area (Å²) in [6.45, 7) is 9.39. The van der Waals surface area contributed by atoms with Gasteiger partial charge in [0.25, 0.3) is 5.91 Å². The van der Waals surface area contributed by atoms with Crippen molar-refractivity contribution in [1.29, 1.82) is 0 Å². The molecule has 2 aromatic rings. The molecule has 0 aliphatic carbocycles. The van der Waals surface area contributed by atoms with E-state index in [1.165, 1.54) is 17.0 Å². The minimum absolute atomic E-state index is 0.182. The SMILES string of the molecule is CCOC(=O)c1ccc(C(=O)Nc2cccc(CN(C)C(=O)OC(C)(C)C)c2)nc1C. The van der Waals surface area contributed by atoms with Crippen LogP contribution in [-0.2, 0) is 16.0 Å². The van der Waals surface area contributed by atoms with E-state index in [4.69, 9.17) is 9.47 Å². The predicted molar refractivity (Wildman–Crippen MR) is 117 cm³/mol. The van der Waals surface area contributed by atoms with Crippen molar-refractivity contribution in [1.82, 2.24) is 9.88 Å². The Kier molecular flexibility index (Phi) is 7.74. The molecule has 8 heteroatoms. The molecule has 0 aliphatic rings. The van der Waals surface area contributed by atoms with Crippen molar-refractivity contribution < 1.29 is 23.9 Å². The summed E-state index contributed by atoms with van der Waals surface area (Å²) in [7, 11) is 1.65. The van der Waals surface area contributed by atoms with E-state index < -0.39 is 23.6 Å². The molecule has 1 aromatic carbocycles. The summed E-state index contributed by atoms with van der Waals surface area (Å²) in [6.07, 6.45) is -0.427. The first-order chi connectivity index (χ1) is 14.5. The molecule has 2 rings (SSSR count).